The average Bonchev–Trinajstić information content (AvgIpc) is 2.16. The molecule has 68 valence electrons. The largest absolute Gasteiger partial charge is 0.453 e. The van der Waals surface area contributed by atoms with Gasteiger partial charge < -0.3 is 9.47 Å². The SMILES string of the molecule is COC(=O)N1CCC=CC1OC. The fourth-order valence-corrected chi connectivity index (χ4v) is 1.18. The van der Waals surface area contributed by atoms with Crippen LogP contribution in [0.3, 0.4) is 0 Å². The molecule has 0 saturated carbocycles. The fraction of sp³-hybridized carbons (Fsp3) is 0.625. The lowest BCUT2D eigenvalue weighted by Gasteiger charge is -2.29. The molecule has 1 heterocycles. The minimum absolute atomic E-state index is 0.272. The van der Waals surface area contributed by atoms with Crippen molar-refractivity contribution in [1.82, 2.24) is 4.90 Å². The number of carbonyl (C=O) groups excluding carboxylic acids is 1. The molecule has 1 unspecified atom stereocenters. The van der Waals surface area contributed by atoms with Crippen LogP contribution in [0.5, 0.6) is 0 Å². The number of rotatable bonds is 1. The number of methoxy groups -OCH3 is 2. The highest BCUT2D eigenvalue weighted by Crippen LogP contribution is 2.11. The number of hydrogen-bond acceptors (Lipinski definition) is 3. The van der Waals surface area contributed by atoms with Gasteiger partial charge in [0.05, 0.1) is 7.11 Å². The lowest BCUT2D eigenvalue weighted by molar-refractivity contribution is 0.000937. The van der Waals surface area contributed by atoms with E-state index in [1.165, 1.54) is 7.11 Å². The molecule has 0 spiro atoms. The molecule has 0 aromatic carbocycles. The maximum absolute atomic E-state index is 11.1. The van der Waals surface area contributed by atoms with Gasteiger partial charge in [-0.25, -0.2) is 4.79 Å². The zero-order chi connectivity index (χ0) is 8.97. The topological polar surface area (TPSA) is 38.8 Å². The van der Waals surface area contributed by atoms with Crippen LogP contribution in [0.1, 0.15) is 6.42 Å². The summed E-state index contributed by atoms with van der Waals surface area (Å²) in [7, 11) is 2.93. The Hall–Kier alpha value is -1.03. The normalized spacial score (nSPS) is 22.5. The third kappa shape index (κ3) is 1.76. The molecule has 4 nitrogen and oxygen atoms in total. The van der Waals surface area contributed by atoms with Crippen molar-refractivity contribution in [2.45, 2.75) is 12.6 Å². The summed E-state index contributed by atoms with van der Waals surface area (Å²) >= 11 is 0. The number of carbonyl (C=O) groups is 1. The van der Waals surface area contributed by atoms with Gasteiger partial charge in [-0.3, -0.25) is 4.90 Å². The van der Waals surface area contributed by atoms with Gasteiger partial charge in [0.2, 0.25) is 0 Å². The highest BCUT2D eigenvalue weighted by molar-refractivity contribution is 5.68. The molecule has 1 atom stereocenters. The Labute approximate surface area is 71.7 Å². The molecule has 0 aromatic rings. The number of amides is 1. The molecule has 1 rings (SSSR count). The Morgan fingerprint density at radius 1 is 1.58 bits per heavy atom. The highest BCUT2D eigenvalue weighted by atomic mass is 16.6. The first-order chi connectivity index (χ1) is 5.79. The van der Waals surface area contributed by atoms with Crippen molar-refractivity contribution < 1.29 is 14.3 Å². The third-order valence-corrected chi connectivity index (χ3v) is 1.80. The molecule has 1 amide bonds. The van der Waals surface area contributed by atoms with Crippen molar-refractivity contribution in [2.75, 3.05) is 20.8 Å². The molecule has 0 radical (unpaired) electrons. The van der Waals surface area contributed by atoms with Crippen LogP contribution in [-0.4, -0.2) is 38.0 Å². The number of nitrogens with zero attached hydrogens (tertiary/aromatic N) is 1. The predicted octanol–water partition coefficient (Wildman–Crippen LogP) is 0.987. The maximum Gasteiger partial charge on any atom is 0.411 e. The number of hydrogen-bond donors (Lipinski definition) is 0. The fourth-order valence-electron chi connectivity index (χ4n) is 1.18. The molecule has 1 aliphatic rings. The Kier molecular flexibility index (Phi) is 3.10. The molecule has 4 heteroatoms. The molecular weight excluding hydrogens is 158 g/mol. The summed E-state index contributed by atoms with van der Waals surface area (Å²) in [6.07, 6.45) is 4.08. The molecule has 0 fully saturated rings. The molecule has 0 aromatic heterocycles. The van der Waals surface area contributed by atoms with Crippen molar-refractivity contribution in [1.29, 1.82) is 0 Å². The van der Waals surface area contributed by atoms with E-state index in [0.29, 0.717) is 6.54 Å². The lowest BCUT2D eigenvalue weighted by Crippen LogP contribution is -2.42. The van der Waals surface area contributed by atoms with Gasteiger partial charge in [0.1, 0.15) is 0 Å². The molecule has 1 aliphatic heterocycles. The minimum atomic E-state index is -0.341. The van der Waals surface area contributed by atoms with Crippen LogP contribution in [0.4, 0.5) is 4.79 Å². The first-order valence-electron chi connectivity index (χ1n) is 3.83. The van der Waals surface area contributed by atoms with E-state index in [-0.39, 0.29) is 12.3 Å². The van der Waals surface area contributed by atoms with Crippen molar-refractivity contribution in [3.8, 4) is 0 Å². The third-order valence-electron chi connectivity index (χ3n) is 1.80. The van der Waals surface area contributed by atoms with Crippen LogP contribution in [0.25, 0.3) is 0 Å². The van der Waals surface area contributed by atoms with E-state index < -0.39 is 0 Å². The Morgan fingerprint density at radius 3 is 2.92 bits per heavy atom. The van der Waals surface area contributed by atoms with Crippen LogP contribution in [0.2, 0.25) is 0 Å². The standard InChI is InChI=1S/C8H13NO3/c1-11-7-5-3-4-6-9(7)8(10)12-2/h3,5,7H,4,6H2,1-2H3. The molecule has 0 N–H and O–H groups in total. The molecule has 0 aliphatic carbocycles. The second-order valence-corrected chi connectivity index (χ2v) is 2.51. The quantitative estimate of drug-likeness (QED) is 0.552. The Bertz CT molecular complexity index is 191. The van der Waals surface area contributed by atoms with Gasteiger partial charge in [-0.1, -0.05) is 6.08 Å². The van der Waals surface area contributed by atoms with E-state index >= 15 is 0 Å². The second kappa shape index (κ2) is 4.11. The summed E-state index contributed by atoms with van der Waals surface area (Å²) in [5.41, 5.74) is 0. The summed E-state index contributed by atoms with van der Waals surface area (Å²) in [6.45, 7) is 0.654. The van der Waals surface area contributed by atoms with E-state index in [0.717, 1.165) is 6.42 Å². The van der Waals surface area contributed by atoms with Crippen LogP contribution < -0.4 is 0 Å². The van der Waals surface area contributed by atoms with Gasteiger partial charge in [0.25, 0.3) is 0 Å². The predicted molar refractivity (Wildman–Crippen MR) is 43.7 cm³/mol. The molecule has 0 saturated heterocycles. The van der Waals surface area contributed by atoms with Gasteiger partial charge in [0, 0.05) is 13.7 Å². The van der Waals surface area contributed by atoms with E-state index in [4.69, 9.17) is 4.74 Å². The van der Waals surface area contributed by atoms with Gasteiger partial charge in [-0.2, -0.15) is 0 Å². The van der Waals surface area contributed by atoms with E-state index in [9.17, 15) is 4.79 Å². The monoisotopic (exact) mass is 171 g/mol. The first kappa shape index (κ1) is 9.06. The smallest absolute Gasteiger partial charge is 0.411 e. The molecular formula is C8H13NO3. The van der Waals surface area contributed by atoms with Crippen molar-refractivity contribution in [3.05, 3.63) is 12.2 Å². The van der Waals surface area contributed by atoms with Crippen molar-refractivity contribution in [2.24, 2.45) is 0 Å². The van der Waals surface area contributed by atoms with E-state index in [2.05, 4.69) is 4.74 Å². The zero-order valence-corrected chi connectivity index (χ0v) is 7.32. The van der Waals surface area contributed by atoms with Crippen molar-refractivity contribution >= 4 is 6.09 Å². The Morgan fingerprint density at radius 2 is 2.33 bits per heavy atom. The van der Waals surface area contributed by atoms with Crippen LogP contribution in [0.15, 0.2) is 12.2 Å². The molecule has 12 heavy (non-hydrogen) atoms. The van der Waals surface area contributed by atoms with Gasteiger partial charge in [-0.05, 0) is 12.5 Å². The van der Waals surface area contributed by atoms with Crippen LogP contribution >= 0.6 is 0 Å². The maximum atomic E-state index is 11.1. The zero-order valence-electron chi connectivity index (χ0n) is 7.32. The average molecular weight is 171 g/mol. The summed E-state index contributed by atoms with van der Waals surface area (Å²) in [6, 6.07) is 0. The van der Waals surface area contributed by atoms with Crippen LogP contribution in [0, 0.1) is 0 Å². The second-order valence-electron chi connectivity index (χ2n) is 2.51. The van der Waals surface area contributed by atoms with E-state index in [1.54, 1.807) is 12.0 Å². The van der Waals surface area contributed by atoms with E-state index in [1.807, 2.05) is 12.2 Å². The van der Waals surface area contributed by atoms with Crippen LogP contribution in [-0.2, 0) is 9.47 Å². The van der Waals surface area contributed by atoms with Gasteiger partial charge in [0.15, 0.2) is 6.23 Å². The summed E-state index contributed by atoms with van der Waals surface area (Å²) < 4.78 is 9.66. The van der Waals surface area contributed by atoms with Gasteiger partial charge in [-0.15, -0.1) is 0 Å². The number of ether oxygens (including phenoxy) is 2. The minimum Gasteiger partial charge on any atom is -0.453 e. The highest BCUT2D eigenvalue weighted by Gasteiger charge is 2.23. The summed E-state index contributed by atoms with van der Waals surface area (Å²) in [4.78, 5) is 12.7. The Balaban J connectivity index is 2.62. The lowest BCUT2D eigenvalue weighted by atomic mass is 10.2. The van der Waals surface area contributed by atoms with Crippen molar-refractivity contribution in [3.63, 3.8) is 0 Å². The first-order valence-corrected chi connectivity index (χ1v) is 3.83. The van der Waals surface area contributed by atoms with Gasteiger partial charge >= 0.3 is 6.09 Å². The molecule has 0 bridgehead atoms. The summed E-state index contributed by atoms with van der Waals surface area (Å²) in [5, 5.41) is 0. The summed E-state index contributed by atoms with van der Waals surface area (Å²) in [5.74, 6) is 0.